The van der Waals surface area contributed by atoms with Crippen LogP contribution in [0.4, 0.5) is 5.69 Å². The molecule has 0 saturated carbocycles. The molecule has 2 aromatic rings. The molecule has 4 heteroatoms. The monoisotopic (exact) mass is 256 g/mol. The molecule has 0 heterocycles. The van der Waals surface area contributed by atoms with Crippen LogP contribution in [0.15, 0.2) is 27.8 Å². The predicted octanol–water partition coefficient (Wildman–Crippen LogP) is 1.15. The molecule has 0 fully saturated rings. The number of nitrogens with two attached hydrogens (primary N) is 1. The first kappa shape index (κ1) is 12.1. The summed E-state index contributed by atoms with van der Waals surface area (Å²) in [6, 6.07) is 6.36. The van der Waals surface area contributed by atoms with Crippen LogP contribution < -0.4 is 21.9 Å². The molecule has 3 rings (SSSR count). The van der Waals surface area contributed by atoms with Crippen LogP contribution >= 0.6 is 0 Å². The van der Waals surface area contributed by atoms with Gasteiger partial charge in [0.25, 0.3) is 0 Å². The molecule has 0 amide bonds. The van der Waals surface area contributed by atoms with Gasteiger partial charge in [-0.15, -0.1) is 0 Å². The average molecular weight is 256 g/mol. The highest BCUT2D eigenvalue weighted by molar-refractivity contribution is 5.58. The Balaban J connectivity index is 1.91. The van der Waals surface area contributed by atoms with E-state index in [9.17, 15) is 9.59 Å². The Kier molecular flexibility index (Phi) is 2.75. The Morgan fingerprint density at radius 1 is 1.32 bits per heavy atom. The number of benzene rings is 1. The van der Waals surface area contributed by atoms with Gasteiger partial charge < -0.3 is 11.1 Å². The Labute approximate surface area is 110 Å². The van der Waals surface area contributed by atoms with E-state index < -0.39 is 0 Å². The molecule has 0 spiro atoms. The number of nitrogens with one attached hydrogen (secondary N) is 1. The number of hydrogen-bond acceptors (Lipinski definition) is 4. The Morgan fingerprint density at radius 2 is 2.11 bits per heavy atom. The summed E-state index contributed by atoms with van der Waals surface area (Å²) in [6.45, 7) is 2.21. The number of hydrogen-bond donors (Lipinski definition) is 2. The van der Waals surface area contributed by atoms with E-state index in [-0.39, 0.29) is 16.9 Å². The Bertz CT molecular complexity index is 711. The molecule has 1 aliphatic rings. The number of rotatable bonds is 3. The average Bonchev–Trinajstić information content (AvgIpc) is 2.85. The molecular formula is C15H16N2O2. The molecule has 19 heavy (non-hydrogen) atoms. The van der Waals surface area contributed by atoms with Gasteiger partial charge in [-0.25, -0.2) is 0 Å². The van der Waals surface area contributed by atoms with Crippen LogP contribution in [0, 0.1) is 6.92 Å². The molecular weight excluding hydrogens is 240 g/mol. The number of anilines is 1. The highest BCUT2D eigenvalue weighted by Crippen LogP contribution is 2.34. The van der Waals surface area contributed by atoms with E-state index in [2.05, 4.69) is 17.4 Å². The van der Waals surface area contributed by atoms with E-state index >= 15 is 0 Å². The minimum Gasteiger partial charge on any atom is -0.375 e. The standard InChI is InChI=1S/C15H16N2O2/c1-8-13(15(19)14(8)18)17-12-5-4-10-3-2-9(7-16)6-11(10)12/h2-3,6,12,17H,4-5,7,16H2,1H3. The fourth-order valence-electron chi connectivity index (χ4n) is 2.78. The molecule has 0 aliphatic heterocycles. The van der Waals surface area contributed by atoms with Crippen molar-refractivity contribution in [2.75, 3.05) is 5.32 Å². The number of aryl methyl sites for hydroxylation is 1. The van der Waals surface area contributed by atoms with Gasteiger partial charge in [0, 0.05) is 12.1 Å². The van der Waals surface area contributed by atoms with Crippen molar-refractivity contribution in [2.45, 2.75) is 32.4 Å². The minimum absolute atomic E-state index is 0.114. The second kappa shape index (κ2) is 4.31. The van der Waals surface area contributed by atoms with Gasteiger partial charge in [-0.05, 0) is 36.5 Å². The Morgan fingerprint density at radius 3 is 2.79 bits per heavy atom. The van der Waals surface area contributed by atoms with Crippen molar-refractivity contribution in [1.82, 2.24) is 0 Å². The fraction of sp³-hybridized carbons (Fsp3) is 0.333. The van der Waals surface area contributed by atoms with Crippen molar-refractivity contribution in [3.63, 3.8) is 0 Å². The zero-order valence-electron chi connectivity index (χ0n) is 10.8. The molecule has 0 bridgehead atoms. The molecule has 0 saturated heterocycles. The fourth-order valence-corrected chi connectivity index (χ4v) is 2.78. The van der Waals surface area contributed by atoms with Crippen molar-refractivity contribution < 1.29 is 0 Å². The lowest BCUT2D eigenvalue weighted by Crippen LogP contribution is -2.37. The summed E-state index contributed by atoms with van der Waals surface area (Å²) in [4.78, 5) is 22.7. The van der Waals surface area contributed by atoms with Gasteiger partial charge in [0.2, 0.25) is 10.9 Å². The minimum atomic E-state index is -0.388. The van der Waals surface area contributed by atoms with Crippen LogP contribution in [0.2, 0.25) is 0 Å². The quantitative estimate of drug-likeness (QED) is 0.808. The van der Waals surface area contributed by atoms with E-state index in [1.165, 1.54) is 11.1 Å². The summed E-state index contributed by atoms with van der Waals surface area (Å²) in [5.74, 6) is 0. The van der Waals surface area contributed by atoms with Gasteiger partial charge in [0.15, 0.2) is 0 Å². The topological polar surface area (TPSA) is 72.2 Å². The molecule has 98 valence electrons. The van der Waals surface area contributed by atoms with Crippen LogP contribution in [0.3, 0.4) is 0 Å². The lowest BCUT2D eigenvalue weighted by molar-refractivity contribution is 0.757. The van der Waals surface area contributed by atoms with E-state index in [1.54, 1.807) is 6.92 Å². The van der Waals surface area contributed by atoms with Crippen molar-refractivity contribution in [3.05, 3.63) is 60.9 Å². The molecule has 1 atom stereocenters. The van der Waals surface area contributed by atoms with Gasteiger partial charge in [-0.3, -0.25) is 9.59 Å². The summed E-state index contributed by atoms with van der Waals surface area (Å²) < 4.78 is 0. The molecule has 3 N–H and O–H groups in total. The summed E-state index contributed by atoms with van der Waals surface area (Å²) in [5, 5.41) is 3.22. The number of fused-ring (bicyclic) bond motifs is 1. The normalized spacial score (nSPS) is 17.7. The van der Waals surface area contributed by atoms with E-state index in [4.69, 9.17) is 5.73 Å². The first-order valence-electron chi connectivity index (χ1n) is 6.50. The second-order valence-electron chi connectivity index (χ2n) is 5.13. The maximum atomic E-state index is 11.5. The second-order valence-corrected chi connectivity index (χ2v) is 5.13. The van der Waals surface area contributed by atoms with Crippen molar-refractivity contribution in [1.29, 1.82) is 0 Å². The third-order valence-corrected chi connectivity index (χ3v) is 3.99. The van der Waals surface area contributed by atoms with E-state index in [1.807, 2.05) is 6.07 Å². The molecule has 0 radical (unpaired) electrons. The van der Waals surface area contributed by atoms with Crippen molar-refractivity contribution >= 4 is 5.69 Å². The van der Waals surface area contributed by atoms with E-state index in [0.717, 1.165) is 18.4 Å². The van der Waals surface area contributed by atoms with E-state index in [0.29, 0.717) is 17.8 Å². The maximum absolute atomic E-state index is 11.5. The third kappa shape index (κ3) is 1.79. The lowest BCUT2D eigenvalue weighted by Gasteiger charge is -2.18. The van der Waals surface area contributed by atoms with Crippen LogP contribution in [0.1, 0.15) is 34.7 Å². The van der Waals surface area contributed by atoms with Crippen molar-refractivity contribution in [2.24, 2.45) is 5.73 Å². The molecule has 1 unspecified atom stereocenters. The smallest absolute Gasteiger partial charge is 0.249 e. The highest BCUT2D eigenvalue weighted by Gasteiger charge is 2.26. The molecule has 0 aromatic heterocycles. The first-order valence-corrected chi connectivity index (χ1v) is 6.50. The van der Waals surface area contributed by atoms with Gasteiger partial charge in [0.05, 0.1) is 11.7 Å². The zero-order chi connectivity index (χ0) is 13.6. The SMILES string of the molecule is Cc1c(NC2CCc3ccc(CN)cc32)c(=O)c1=O. The summed E-state index contributed by atoms with van der Waals surface area (Å²) in [5.41, 5.74) is 9.54. The largest absolute Gasteiger partial charge is 0.375 e. The molecule has 2 aromatic carbocycles. The van der Waals surface area contributed by atoms with Gasteiger partial charge in [-0.2, -0.15) is 0 Å². The van der Waals surface area contributed by atoms with Crippen molar-refractivity contribution in [3.8, 4) is 0 Å². The van der Waals surface area contributed by atoms with Crippen LogP contribution in [0.25, 0.3) is 0 Å². The predicted molar refractivity (Wildman–Crippen MR) is 75.1 cm³/mol. The van der Waals surface area contributed by atoms with Gasteiger partial charge >= 0.3 is 0 Å². The summed E-state index contributed by atoms with van der Waals surface area (Å²) in [7, 11) is 0. The zero-order valence-corrected chi connectivity index (χ0v) is 10.8. The van der Waals surface area contributed by atoms with Gasteiger partial charge in [0.1, 0.15) is 0 Å². The summed E-state index contributed by atoms with van der Waals surface area (Å²) in [6.07, 6.45) is 1.94. The van der Waals surface area contributed by atoms with Crippen LogP contribution in [0.5, 0.6) is 0 Å². The summed E-state index contributed by atoms with van der Waals surface area (Å²) >= 11 is 0. The lowest BCUT2D eigenvalue weighted by atomic mass is 10.0. The third-order valence-electron chi connectivity index (χ3n) is 3.99. The maximum Gasteiger partial charge on any atom is 0.249 e. The Hall–Kier alpha value is -1.94. The van der Waals surface area contributed by atoms with Crippen LogP contribution in [-0.2, 0) is 13.0 Å². The first-order chi connectivity index (χ1) is 9.11. The highest BCUT2D eigenvalue weighted by atomic mass is 16.2. The van der Waals surface area contributed by atoms with Gasteiger partial charge in [-0.1, -0.05) is 18.2 Å². The molecule has 1 aliphatic carbocycles. The molecule has 4 nitrogen and oxygen atoms in total. The van der Waals surface area contributed by atoms with Crippen LogP contribution in [-0.4, -0.2) is 0 Å².